The maximum atomic E-state index is 11.7. The van der Waals surface area contributed by atoms with Crippen molar-refractivity contribution in [3.8, 4) is 0 Å². The molecule has 0 radical (unpaired) electrons. The number of aryl methyl sites for hydroxylation is 1. The Hall–Kier alpha value is -1.42. The molecule has 0 saturated heterocycles. The summed E-state index contributed by atoms with van der Waals surface area (Å²) in [4.78, 5) is 17.4. The molecule has 1 heterocycles. The lowest BCUT2D eigenvalue weighted by Gasteiger charge is -2.24. The second-order valence-corrected chi connectivity index (χ2v) is 4.55. The first-order valence-corrected chi connectivity index (χ1v) is 5.20. The van der Waals surface area contributed by atoms with E-state index in [0.717, 1.165) is 11.3 Å². The summed E-state index contributed by atoms with van der Waals surface area (Å²) in [6, 6.07) is 3.83. The Morgan fingerprint density at radius 1 is 1.50 bits per heavy atom. The van der Waals surface area contributed by atoms with Gasteiger partial charge < -0.3 is 10.0 Å². The number of likely N-dealkylation sites (N-methyl/N-ethyl adjacent to an activating group) is 1. The molecule has 0 aromatic carbocycles. The highest BCUT2D eigenvalue weighted by Gasteiger charge is 2.27. The number of hydrogen-bond acceptors (Lipinski definition) is 3. The van der Waals surface area contributed by atoms with Gasteiger partial charge in [0, 0.05) is 13.2 Å². The van der Waals surface area contributed by atoms with Crippen molar-refractivity contribution in [3.63, 3.8) is 0 Å². The zero-order valence-corrected chi connectivity index (χ0v) is 10.2. The summed E-state index contributed by atoms with van der Waals surface area (Å²) in [6.45, 7) is 5.33. The number of nitrogens with zero attached hydrogens (tertiary/aromatic N) is 2. The smallest absolute Gasteiger partial charge is 0.254 e. The van der Waals surface area contributed by atoms with Gasteiger partial charge >= 0.3 is 0 Å². The van der Waals surface area contributed by atoms with Crippen LogP contribution in [-0.4, -0.2) is 33.5 Å². The summed E-state index contributed by atoms with van der Waals surface area (Å²) >= 11 is 0. The number of carbonyl (C=O) groups is 1. The molecule has 0 saturated carbocycles. The lowest BCUT2D eigenvalue weighted by molar-refractivity contribution is -0.147. The fraction of sp³-hybridized carbons (Fsp3) is 0.500. The van der Waals surface area contributed by atoms with Gasteiger partial charge in [-0.3, -0.25) is 9.78 Å². The molecule has 16 heavy (non-hydrogen) atoms. The van der Waals surface area contributed by atoms with Gasteiger partial charge in [0.1, 0.15) is 5.60 Å². The van der Waals surface area contributed by atoms with Crippen LogP contribution in [0.3, 0.4) is 0 Å². The minimum atomic E-state index is -1.33. The zero-order valence-electron chi connectivity index (χ0n) is 10.2. The largest absolute Gasteiger partial charge is 0.381 e. The van der Waals surface area contributed by atoms with E-state index < -0.39 is 5.60 Å². The van der Waals surface area contributed by atoms with E-state index in [9.17, 15) is 9.90 Å². The molecule has 0 atom stereocenters. The summed E-state index contributed by atoms with van der Waals surface area (Å²) in [5.74, 6) is -0.310. The summed E-state index contributed by atoms with van der Waals surface area (Å²) in [5.41, 5.74) is 0.560. The van der Waals surface area contributed by atoms with E-state index in [1.807, 2.05) is 19.1 Å². The highest BCUT2D eigenvalue weighted by molar-refractivity contribution is 5.83. The Morgan fingerprint density at radius 3 is 2.56 bits per heavy atom. The molecule has 0 bridgehead atoms. The van der Waals surface area contributed by atoms with Gasteiger partial charge in [0.2, 0.25) is 0 Å². The molecule has 0 aliphatic rings. The summed E-state index contributed by atoms with van der Waals surface area (Å²) in [7, 11) is 1.65. The second kappa shape index (κ2) is 4.61. The Kier molecular flexibility index (Phi) is 3.65. The molecular weight excluding hydrogens is 204 g/mol. The predicted molar refractivity (Wildman–Crippen MR) is 61.7 cm³/mol. The van der Waals surface area contributed by atoms with E-state index in [1.165, 1.54) is 18.7 Å². The van der Waals surface area contributed by atoms with Crippen LogP contribution in [0.4, 0.5) is 0 Å². The van der Waals surface area contributed by atoms with E-state index in [0.29, 0.717) is 6.54 Å². The average Bonchev–Trinajstić information content (AvgIpc) is 2.19. The minimum Gasteiger partial charge on any atom is -0.381 e. The number of rotatable bonds is 3. The number of amides is 1. The molecule has 1 aromatic heterocycles. The van der Waals surface area contributed by atoms with Gasteiger partial charge in [-0.25, -0.2) is 0 Å². The fourth-order valence-corrected chi connectivity index (χ4v) is 1.37. The Morgan fingerprint density at radius 2 is 2.12 bits per heavy atom. The molecule has 0 spiro atoms. The molecule has 0 unspecified atom stereocenters. The third kappa shape index (κ3) is 3.31. The lowest BCUT2D eigenvalue weighted by Crippen LogP contribution is -2.42. The monoisotopic (exact) mass is 222 g/mol. The van der Waals surface area contributed by atoms with Crippen molar-refractivity contribution in [3.05, 3.63) is 29.6 Å². The number of pyridine rings is 1. The van der Waals surface area contributed by atoms with E-state index in [4.69, 9.17) is 0 Å². The molecule has 0 fully saturated rings. The normalized spacial score (nSPS) is 11.3. The molecule has 1 N–H and O–H groups in total. The van der Waals surface area contributed by atoms with E-state index >= 15 is 0 Å². The second-order valence-electron chi connectivity index (χ2n) is 4.55. The van der Waals surface area contributed by atoms with Crippen molar-refractivity contribution in [2.75, 3.05) is 7.05 Å². The molecule has 88 valence electrons. The first kappa shape index (κ1) is 12.6. The maximum absolute atomic E-state index is 11.7. The molecule has 4 heteroatoms. The molecule has 4 nitrogen and oxygen atoms in total. The van der Waals surface area contributed by atoms with Crippen LogP contribution in [0, 0.1) is 6.92 Å². The summed E-state index contributed by atoms with van der Waals surface area (Å²) < 4.78 is 0. The van der Waals surface area contributed by atoms with Crippen LogP contribution in [-0.2, 0) is 11.3 Å². The SMILES string of the molecule is Cc1ccc(CN(C)C(=O)C(C)(C)O)nc1. The Labute approximate surface area is 95.9 Å². The standard InChI is InChI=1S/C12H18N2O2/c1-9-5-6-10(13-7-9)8-14(4)11(15)12(2,3)16/h5-7,16H,8H2,1-4H3. The van der Waals surface area contributed by atoms with Crippen molar-refractivity contribution in [1.29, 1.82) is 0 Å². The Balaban J connectivity index is 2.68. The van der Waals surface area contributed by atoms with Gasteiger partial charge in [-0.2, -0.15) is 0 Å². The van der Waals surface area contributed by atoms with Gasteiger partial charge in [0.15, 0.2) is 0 Å². The number of hydrogen-bond donors (Lipinski definition) is 1. The minimum absolute atomic E-state index is 0.310. The zero-order chi connectivity index (χ0) is 12.3. The molecule has 1 aromatic rings. The third-order valence-electron chi connectivity index (χ3n) is 2.24. The lowest BCUT2D eigenvalue weighted by atomic mass is 10.1. The first-order chi connectivity index (χ1) is 7.30. The number of aliphatic hydroxyl groups is 1. The van der Waals surface area contributed by atoms with Crippen LogP contribution in [0.25, 0.3) is 0 Å². The van der Waals surface area contributed by atoms with Crippen LogP contribution < -0.4 is 0 Å². The highest BCUT2D eigenvalue weighted by Crippen LogP contribution is 2.09. The molecule has 1 rings (SSSR count). The molecule has 0 aliphatic carbocycles. The molecule has 0 aliphatic heterocycles. The summed E-state index contributed by atoms with van der Waals surface area (Å²) in [6.07, 6.45) is 1.76. The highest BCUT2D eigenvalue weighted by atomic mass is 16.3. The van der Waals surface area contributed by atoms with Crippen molar-refractivity contribution in [1.82, 2.24) is 9.88 Å². The topological polar surface area (TPSA) is 53.4 Å². The van der Waals surface area contributed by atoms with Gasteiger partial charge in [-0.15, -0.1) is 0 Å². The maximum Gasteiger partial charge on any atom is 0.254 e. The Bertz CT molecular complexity index is 366. The summed E-state index contributed by atoms with van der Waals surface area (Å²) in [5, 5.41) is 9.57. The van der Waals surface area contributed by atoms with Crippen molar-refractivity contribution < 1.29 is 9.90 Å². The first-order valence-electron chi connectivity index (χ1n) is 5.20. The van der Waals surface area contributed by atoms with Crippen LogP contribution in [0.15, 0.2) is 18.3 Å². The van der Waals surface area contributed by atoms with Gasteiger partial charge in [-0.05, 0) is 32.4 Å². The van der Waals surface area contributed by atoms with E-state index in [-0.39, 0.29) is 5.91 Å². The predicted octanol–water partition coefficient (Wildman–Crippen LogP) is 1.12. The number of aromatic nitrogens is 1. The molecular formula is C12H18N2O2. The van der Waals surface area contributed by atoms with Gasteiger partial charge in [0.25, 0.3) is 5.91 Å². The van der Waals surface area contributed by atoms with Crippen LogP contribution in [0.5, 0.6) is 0 Å². The van der Waals surface area contributed by atoms with Gasteiger partial charge in [0.05, 0.1) is 12.2 Å². The van der Waals surface area contributed by atoms with Crippen molar-refractivity contribution >= 4 is 5.91 Å². The average molecular weight is 222 g/mol. The fourth-order valence-electron chi connectivity index (χ4n) is 1.37. The van der Waals surface area contributed by atoms with Crippen LogP contribution >= 0.6 is 0 Å². The van der Waals surface area contributed by atoms with E-state index in [2.05, 4.69) is 4.98 Å². The van der Waals surface area contributed by atoms with E-state index in [1.54, 1.807) is 13.2 Å². The molecule has 1 amide bonds. The number of carbonyl (C=O) groups excluding carboxylic acids is 1. The van der Waals surface area contributed by atoms with Crippen molar-refractivity contribution in [2.24, 2.45) is 0 Å². The van der Waals surface area contributed by atoms with Crippen molar-refractivity contribution in [2.45, 2.75) is 32.9 Å². The van der Waals surface area contributed by atoms with Gasteiger partial charge in [-0.1, -0.05) is 6.07 Å². The quantitative estimate of drug-likeness (QED) is 0.833. The van der Waals surface area contributed by atoms with Crippen LogP contribution in [0.1, 0.15) is 25.1 Å². The third-order valence-corrected chi connectivity index (χ3v) is 2.24. The van der Waals surface area contributed by atoms with Crippen LogP contribution in [0.2, 0.25) is 0 Å².